The van der Waals surface area contributed by atoms with E-state index in [4.69, 9.17) is 10.3 Å². The molecule has 0 unspecified atom stereocenters. The molecule has 4 heteroatoms. The summed E-state index contributed by atoms with van der Waals surface area (Å²) in [5, 5.41) is 3.90. The Morgan fingerprint density at radius 1 is 1.05 bits per heavy atom. The van der Waals surface area contributed by atoms with Crippen LogP contribution in [0.4, 0.5) is 5.82 Å². The van der Waals surface area contributed by atoms with Crippen molar-refractivity contribution in [2.75, 3.05) is 5.73 Å². The molecule has 0 atom stereocenters. The summed E-state index contributed by atoms with van der Waals surface area (Å²) in [6.45, 7) is 4.34. The Bertz CT molecular complexity index is 730. The number of pyridine rings is 1. The smallest absolute Gasteiger partial charge is 0.178 e. The minimum absolute atomic E-state index is 0.395. The van der Waals surface area contributed by atoms with E-state index in [2.05, 4.69) is 48.3 Å². The van der Waals surface area contributed by atoms with Crippen LogP contribution >= 0.6 is 0 Å². The van der Waals surface area contributed by atoms with Crippen molar-refractivity contribution in [1.29, 1.82) is 0 Å². The lowest BCUT2D eigenvalue weighted by Gasteiger charge is -2.07. The van der Waals surface area contributed by atoms with Gasteiger partial charge in [-0.1, -0.05) is 43.3 Å². The minimum Gasteiger partial charge on any atom is -0.380 e. The Morgan fingerprint density at radius 2 is 1.81 bits per heavy atom. The van der Waals surface area contributed by atoms with Crippen molar-refractivity contribution in [3.05, 3.63) is 54.4 Å². The Hall–Kier alpha value is -2.62. The van der Waals surface area contributed by atoms with Gasteiger partial charge in [0.25, 0.3) is 0 Å². The molecular formula is C17H17N3O. The molecule has 0 radical (unpaired) electrons. The fraction of sp³-hybridized carbons (Fsp3) is 0.176. The fourth-order valence-corrected chi connectivity index (χ4v) is 2.31. The molecule has 4 nitrogen and oxygen atoms in total. The normalized spacial score (nSPS) is 11.0. The second kappa shape index (κ2) is 5.40. The van der Waals surface area contributed by atoms with Crippen LogP contribution in [0.5, 0.6) is 0 Å². The van der Waals surface area contributed by atoms with Crippen molar-refractivity contribution < 1.29 is 4.52 Å². The van der Waals surface area contributed by atoms with Crippen molar-refractivity contribution in [2.45, 2.75) is 19.8 Å². The van der Waals surface area contributed by atoms with Gasteiger partial charge in [-0.05, 0) is 29.2 Å². The van der Waals surface area contributed by atoms with Gasteiger partial charge >= 0.3 is 0 Å². The Kier molecular flexibility index (Phi) is 3.44. The van der Waals surface area contributed by atoms with Crippen molar-refractivity contribution in [3.63, 3.8) is 0 Å². The van der Waals surface area contributed by atoms with Gasteiger partial charge in [0.2, 0.25) is 0 Å². The lowest BCUT2D eigenvalue weighted by atomic mass is 9.97. The first-order valence-electron chi connectivity index (χ1n) is 6.92. The first-order valence-corrected chi connectivity index (χ1v) is 6.92. The van der Waals surface area contributed by atoms with Gasteiger partial charge in [-0.3, -0.25) is 4.98 Å². The minimum atomic E-state index is 0.395. The maximum atomic E-state index is 5.98. The highest BCUT2D eigenvalue weighted by atomic mass is 16.5. The maximum absolute atomic E-state index is 5.98. The van der Waals surface area contributed by atoms with E-state index in [9.17, 15) is 0 Å². The lowest BCUT2D eigenvalue weighted by Crippen LogP contribution is -1.91. The van der Waals surface area contributed by atoms with Crippen LogP contribution in [0.1, 0.15) is 25.3 Å². The van der Waals surface area contributed by atoms with E-state index in [0.29, 0.717) is 17.5 Å². The first-order chi connectivity index (χ1) is 10.2. The van der Waals surface area contributed by atoms with Crippen molar-refractivity contribution in [3.8, 4) is 22.5 Å². The average Bonchev–Trinajstić information content (AvgIpc) is 2.90. The van der Waals surface area contributed by atoms with E-state index in [1.54, 1.807) is 12.4 Å². The summed E-state index contributed by atoms with van der Waals surface area (Å²) in [4.78, 5) is 4.11. The van der Waals surface area contributed by atoms with E-state index in [1.807, 2.05) is 12.1 Å². The predicted molar refractivity (Wildman–Crippen MR) is 83.7 cm³/mol. The molecule has 0 saturated carbocycles. The average molecular weight is 279 g/mol. The number of nitrogen functional groups attached to an aromatic ring is 1. The molecular weight excluding hydrogens is 262 g/mol. The Balaban J connectivity index is 2.08. The van der Waals surface area contributed by atoms with Crippen molar-refractivity contribution in [2.24, 2.45) is 0 Å². The van der Waals surface area contributed by atoms with E-state index >= 15 is 0 Å². The molecule has 21 heavy (non-hydrogen) atoms. The molecule has 0 amide bonds. The molecule has 1 aromatic carbocycles. The summed E-state index contributed by atoms with van der Waals surface area (Å²) in [6.07, 6.45) is 3.46. The number of rotatable bonds is 3. The second-order valence-electron chi connectivity index (χ2n) is 5.29. The van der Waals surface area contributed by atoms with Crippen LogP contribution < -0.4 is 5.73 Å². The second-order valence-corrected chi connectivity index (χ2v) is 5.29. The number of aromatic nitrogens is 2. The molecule has 0 fully saturated rings. The van der Waals surface area contributed by atoms with Crippen LogP contribution in [0.15, 0.2) is 53.3 Å². The number of anilines is 1. The topological polar surface area (TPSA) is 64.9 Å². The zero-order valence-electron chi connectivity index (χ0n) is 12.1. The molecule has 0 saturated heterocycles. The number of nitrogens with zero attached hydrogens (tertiary/aromatic N) is 2. The lowest BCUT2D eigenvalue weighted by molar-refractivity contribution is 0.436. The van der Waals surface area contributed by atoms with Crippen LogP contribution in [-0.2, 0) is 0 Å². The Morgan fingerprint density at radius 3 is 2.43 bits per heavy atom. The third-order valence-electron chi connectivity index (χ3n) is 3.51. The van der Waals surface area contributed by atoms with Crippen LogP contribution in [0.2, 0.25) is 0 Å². The Labute approximate surface area is 123 Å². The van der Waals surface area contributed by atoms with Gasteiger partial charge in [-0.25, -0.2) is 0 Å². The summed E-state index contributed by atoms with van der Waals surface area (Å²) >= 11 is 0. The fourth-order valence-electron chi connectivity index (χ4n) is 2.31. The molecule has 0 spiro atoms. The van der Waals surface area contributed by atoms with Crippen LogP contribution in [0.25, 0.3) is 22.5 Å². The van der Waals surface area contributed by atoms with E-state index < -0.39 is 0 Å². The zero-order valence-corrected chi connectivity index (χ0v) is 12.1. The molecule has 0 bridgehead atoms. The largest absolute Gasteiger partial charge is 0.380 e. The molecule has 2 aromatic heterocycles. The highest BCUT2D eigenvalue weighted by Gasteiger charge is 2.17. The van der Waals surface area contributed by atoms with Crippen LogP contribution in [0, 0.1) is 0 Å². The highest BCUT2D eigenvalue weighted by Crippen LogP contribution is 2.36. The summed E-state index contributed by atoms with van der Waals surface area (Å²) in [5.41, 5.74) is 9.95. The molecule has 2 N–H and O–H groups in total. The summed E-state index contributed by atoms with van der Waals surface area (Å²) < 4.78 is 5.40. The van der Waals surface area contributed by atoms with Crippen LogP contribution in [0.3, 0.4) is 0 Å². The van der Waals surface area contributed by atoms with E-state index in [1.165, 1.54) is 5.56 Å². The number of nitrogens with two attached hydrogens (primary N) is 1. The molecule has 3 aromatic rings. The van der Waals surface area contributed by atoms with Gasteiger partial charge in [0.1, 0.15) is 0 Å². The van der Waals surface area contributed by atoms with Crippen molar-refractivity contribution >= 4 is 5.82 Å². The zero-order chi connectivity index (χ0) is 14.8. The molecule has 0 aliphatic carbocycles. The quantitative estimate of drug-likeness (QED) is 0.783. The molecule has 0 aliphatic heterocycles. The maximum Gasteiger partial charge on any atom is 0.178 e. The van der Waals surface area contributed by atoms with Gasteiger partial charge in [0.15, 0.2) is 11.6 Å². The van der Waals surface area contributed by atoms with Crippen molar-refractivity contribution in [1.82, 2.24) is 10.1 Å². The van der Waals surface area contributed by atoms with Crippen LogP contribution in [-0.4, -0.2) is 10.1 Å². The van der Waals surface area contributed by atoms with Gasteiger partial charge in [0, 0.05) is 18.0 Å². The van der Waals surface area contributed by atoms with Gasteiger partial charge in [-0.15, -0.1) is 0 Å². The predicted octanol–water partition coefficient (Wildman–Crippen LogP) is 4.11. The standard InChI is InChI=1S/C17H17N3O/c1-11(2)12-5-7-13(8-6-12)15-16(21-20-17(15)18)14-4-3-9-19-10-14/h3-11H,1-2H3,(H2,18,20). The molecule has 0 aliphatic rings. The first kappa shape index (κ1) is 13.4. The molecule has 2 heterocycles. The van der Waals surface area contributed by atoms with Gasteiger partial charge in [-0.2, -0.15) is 0 Å². The summed E-state index contributed by atoms with van der Waals surface area (Å²) in [6, 6.07) is 12.1. The third kappa shape index (κ3) is 2.52. The SMILES string of the molecule is CC(C)c1ccc(-c2c(N)noc2-c2cccnc2)cc1. The number of hydrogen-bond donors (Lipinski definition) is 1. The highest BCUT2D eigenvalue weighted by molar-refractivity contribution is 5.86. The molecule has 106 valence electrons. The van der Waals surface area contributed by atoms with Gasteiger partial charge < -0.3 is 10.3 Å². The third-order valence-corrected chi connectivity index (χ3v) is 3.51. The number of benzene rings is 1. The number of hydrogen-bond acceptors (Lipinski definition) is 4. The summed E-state index contributed by atoms with van der Waals surface area (Å²) in [5.74, 6) is 1.54. The van der Waals surface area contributed by atoms with E-state index in [0.717, 1.165) is 16.7 Å². The van der Waals surface area contributed by atoms with E-state index in [-0.39, 0.29) is 0 Å². The molecule has 3 rings (SSSR count). The summed E-state index contributed by atoms with van der Waals surface area (Å²) in [7, 11) is 0. The monoisotopic (exact) mass is 279 g/mol. The van der Waals surface area contributed by atoms with Gasteiger partial charge in [0.05, 0.1) is 5.56 Å².